The summed E-state index contributed by atoms with van der Waals surface area (Å²) in [5, 5.41) is 16.1. The summed E-state index contributed by atoms with van der Waals surface area (Å²) in [6, 6.07) is 6.89. The average molecular weight is 385 g/mol. The molecule has 146 valence electrons. The minimum Gasteiger partial charge on any atom is -0.309 e. The van der Waals surface area contributed by atoms with E-state index in [1.54, 1.807) is 16.9 Å². The van der Waals surface area contributed by atoms with Gasteiger partial charge in [-0.15, -0.1) is 10.2 Å². The first kappa shape index (κ1) is 12.6. The Labute approximate surface area is 173 Å². The number of benzene rings is 1. The Kier molecular flexibility index (Phi) is 3.46. The molecule has 1 amide bonds. The molecule has 0 bridgehead atoms. The van der Waals surface area contributed by atoms with E-state index in [1.165, 1.54) is 0 Å². The van der Waals surface area contributed by atoms with Gasteiger partial charge in [-0.3, -0.25) is 9.48 Å². The molecule has 1 fully saturated rings. The SMILES string of the molecule is [2H]C([2H])([2H])N(C1CCC(C(=O)Nc2cc3cc(-c4cnn(C)c4)ccc3nn2)CC1)C([2H])([2H])[2H]. The van der Waals surface area contributed by atoms with Crippen molar-refractivity contribution in [1.29, 1.82) is 0 Å². The maximum absolute atomic E-state index is 12.8. The third-order valence-electron chi connectivity index (χ3n) is 5.31. The molecule has 0 saturated heterocycles. The van der Waals surface area contributed by atoms with Crippen LogP contribution in [-0.2, 0) is 11.8 Å². The number of aryl methyl sites for hydroxylation is 1. The highest BCUT2D eigenvalue weighted by molar-refractivity contribution is 5.94. The topological polar surface area (TPSA) is 75.9 Å². The quantitative estimate of drug-likeness (QED) is 0.748. The first-order valence-electron chi connectivity index (χ1n) is 12.3. The van der Waals surface area contributed by atoms with Crippen LogP contribution in [0.5, 0.6) is 0 Å². The summed E-state index contributed by atoms with van der Waals surface area (Å²) in [5.74, 6) is -0.259. The lowest BCUT2D eigenvalue weighted by atomic mass is 9.85. The summed E-state index contributed by atoms with van der Waals surface area (Å²) < 4.78 is 47.3. The molecule has 0 unspecified atom stereocenters. The zero-order valence-electron chi connectivity index (χ0n) is 21.6. The lowest BCUT2D eigenvalue weighted by molar-refractivity contribution is -0.121. The Morgan fingerprint density at radius 1 is 1.18 bits per heavy atom. The average Bonchev–Trinajstić information content (AvgIpc) is 3.18. The number of nitrogens with one attached hydrogen (secondary N) is 1. The minimum atomic E-state index is -2.72. The Bertz CT molecular complexity index is 1170. The predicted octanol–water partition coefficient (Wildman–Crippen LogP) is 3.09. The molecule has 2 heterocycles. The summed E-state index contributed by atoms with van der Waals surface area (Å²) in [4.78, 5) is 13.5. The van der Waals surface area contributed by atoms with Gasteiger partial charge in [0.25, 0.3) is 0 Å². The Morgan fingerprint density at radius 3 is 2.71 bits per heavy atom. The predicted molar refractivity (Wildman–Crippen MR) is 110 cm³/mol. The van der Waals surface area contributed by atoms with Crippen LogP contribution in [0.15, 0.2) is 36.7 Å². The van der Waals surface area contributed by atoms with E-state index in [1.807, 2.05) is 31.4 Å². The van der Waals surface area contributed by atoms with E-state index < -0.39 is 20.0 Å². The molecule has 1 N–H and O–H groups in total. The standard InChI is InChI=1S/C21H26N6O/c1-26(2)18-7-4-14(5-8-18)21(28)23-20-11-16-10-15(6-9-19(16)24-25-20)17-12-22-27(3)13-17/h6,9-14,18H,4-5,7-8H2,1-3H3,(H,23,25,28)/i1D3,2D3. The molecule has 1 aliphatic rings. The van der Waals surface area contributed by atoms with Crippen molar-refractivity contribution in [2.75, 3.05) is 19.3 Å². The summed E-state index contributed by atoms with van der Waals surface area (Å²) in [6.45, 7) is -5.44. The van der Waals surface area contributed by atoms with Crippen LogP contribution in [-0.4, -0.2) is 50.8 Å². The van der Waals surface area contributed by atoms with Crippen LogP contribution in [0.4, 0.5) is 5.82 Å². The second-order valence-corrected chi connectivity index (χ2v) is 7.27. The van der Waals surface area contributed by atoms with Crippen molar-refractivity contribution >= 4 is 22.6 Å². The molecule has 0 aliphatic heterocycles. The van der Waals surface area contributed by atoms with Crippen LogP contribution in [0.2, 0.25) is 0 Å². The number of fused-ring (bicyclic) bond motifs is 1. The van der Waals surface area contributed by atoms with Crippen molar-refractivity contribution in [2.45, 2.75) is 31.7 Å². The molecule has 0 atom stereocenters. The van der Waals surface area contributed by atoms with Crippen molar-refractivity contribution in [3.8, 4) is 11.1 Å². The summed E-state index contributed by atoms with van der Waals surface area (Å²) >= 11 is 0. The zero-order valence-corrected chi connectivity index (χ0v) is 15.6. The first-order valence-corrected chi connectivity index (χ1v) is 9.28. The van der Waals surface area contributed by atoms with Crippen molar-refractivity contribution in [1.82, 2.24) is 24.9 Å². The lowest BCUT2D eigenvalue weighted by Crippen LogP contribution is -2.35. The largest absolute Gasteiger partial charge is 0.309 e. The highest BCUT2D eigenvalue weighted by Crippen LogP contribution is 2.28. The number of carbonyl (C=O) groups is 1. The maximum Gasteiger partial charge on any atom is 0.228 e. The number of rotatable bonds is 4. The number of carbonyl (C=O) groups excluding carboxylic acids is 1. The van der Waals surface area contributed by atoms with Crippen molar-refractivity contribution in [2.24, 2.45) is 13.0 Å². The van der Waals surface area contributed by atoms with E-state index in [-0.39, 0.29) is 11.8 Å². The van der Waals surface area contributed by atoms with Gasteiger partial charge in [0.1, 0.15) is 0 Å². The summed E-state index contributed by atoms with van der Waals surface area (Å²) in [5.41, 5.74) is 2.63. The smallest absolute Gasteiger partial charge is 0.228 e. The van der Waals surface area contributed by atoms with Gasteiger partial charge in [0.15, 0.2) is 5.82 Å². The maximum atomic E-state index is 12.8. The first-order chi connectivity index (χ1) is 15.9. The fourth-order valence-corrected chi connectivity index (χ4v) is 3.68. The van der Waals surface area contributed by atoms with Gasteiger partial charge < -0.3 is 10.2 Å². The van der Waals surface area contributed by atoms with Crippen LogP contribution in [0.1, 0.15) is 33.9 Å². The number of anilines is 1. The number of aromatic nitrogens is 4. The monoisotopic (exact) mass is 384 g/mol. The number of nitrogens with zero attached hydrogens (tertiary/aromatic N) is 5. The highest BCUT2D eigenvalue weighted by Gasteiger charge is 2.27. The molecule has 0 spiro atoms. The number of amides is 1. The van der Waals surface area contributed by atoms with Gasteiger partial charge >= 0.3 is 0 Å². The molecule has 3 aromatic rings. The third kappa shape index (κ3) is 3.89. The van der Waals surface area contributed by atoms with Gasteiger partial charge in [-0.2, -0.15) is 5.10 Å². The van der Waals surface area contributed by atoms with E-state index in [9.17, 15) is 4.79 Å². The molecule has 28 heavy (non-hydrogen) atoms. The van der Waals surface area contributed by atoms with Crippen LogP contribution >= 0.6 is 0 Å². The molecular weight excluding hydrogens is 352 g/mol. The zero-order chi connectivity index (χ0) is 24.7. The fraction of sp³-hybridized carbons (Fsp3) is 0.429. The summed E-state index contributed by atoms with van der Waals surface area (Å²) in [6.07, 6.45) is 5.10. The van der Waals surface area contributed by atoms with Crippen LogP contribution in [0.3, 0.4) is 0 Å². The van der Waals surface area contributed by atoms with Gasteiger partial charge in [-0.25, -0.2) is 0 Å². The molecule has 4 rings (SSSR count). The highest BCUT2D eigenvalue weighted by atomic mass is 16.1. The second kappa shape index (κ2) is 7.67. The van der Waals surface area contributed by atoms with Crippen LogP contribution < -0.4 is 5.32 Å². The van der Waals surface area contributed by atoms with Gasteiger partial charge in [-0.1, -0.05) is 6.07 Å². The normalized spacial score (nSPS) is 23.9. The lowest BCUT2D eigenvalue weighted by Gasteiger charge is -2.31. The van der Waals surface area contributed by atoms with Gasteiger partial charge in [0.05, 0.1) is 11.7 Å². The van der Waals surface area contributed by atoms with Crippen LogP contribution in [0, 0.1) is 5.92 Å². The number of hydrogen-bond donors (Lipinski definition) is 1. The van der Waals surface area contributed by atoms with E-state index in [0.29, 0.717) is 41.9 Å². The molecule has 1 aliphatic carbocycles. The van der Waals surface area contributed by atoms with E-state index in [0.717, 1.165) is 16.5 Å². The molecule has 7 nitrogen and oxygen atoms in total. The van der Waals surface area contributed by atoms with E-state index in [2.05, 4.69) is 20.6 Å². The van der Waals surface area contributed by atoms with Gasteiger partial charge in [-0.05, 0) is 63.4 Å². The molecule has 0 radical (unpaired) electrons. The van der Waals surface area contributed by atoms with Crippen molar-refractivity contribution < 1.29 is 13.0 Å². The molecule has 1 saturated carbocycles. The Morgan fingerprint density at radius 2 is 2.00 bits per heavy atom. The van der Waals surface area contributed by atoms with E-state index >= 15 is 0 Å². The second-order valence-electron chi connectivity index (χ2n) is 7.27. The van der Waals surface area contributed by atoms with Crippen molar-refractivity contribution in [3.05, 3.63) is 36.7 Å². The summed E-state index contributed by atoms with van der Waals surface area (Å²) in [7, 11) is 1.85. The molecule has 2 aromatic heterocycles. The molecular formula is C21H26N6O. The van der Waals surface area contributed by atoms with Gasteiger partial charge in [0, 0.05) is 44.4 Å². The fourth-order valence-electron chi connectivity index (χ4n) is 3.68. The minimum absolute atomic E-state index is 0.232. The van der Waals surface area contributed by atoms with Crippen molar-refractivity contribution in [3.63, 3.8) is 0 Å². The Hall–Kier alpha value is -2.80. The van der Waals surface area contributed by atoms with Gasteiger partial charge in [0.2, 0.25) is 5.91 Å². The molecule has 7 heteroatoms. The molecule has 1 aromatic carbocycles. The van der Waals surface area contributed by atoms with E-state index in [4.69, 9.17) is 8.22 Å². The number of hydrogen-bond acceptors (Lipinski definition) is 5. The third-order valence-corrected chi connectivity index (χ3v) is 5.31. The van der Waals surface area contributed by atoms with Crippen LogP contribution in [0.25, 0.3) is 22.0 Å². The Balaban J connectivity index is 1.43.